The highest BCUT2D eigenvalue weighted by atomic mass is 32.1. The number of carbonyl (C=O) groups excluding carboxylic acids is 1. The average molecular weight is 348 g/mol. The summed E-state index contributed by atoms with van der Waals surface area (Å²) in [6.45, 7) is 1.29. The largest absolute Gasteiger partial charge is 0.464 e. The minimum absolute atomic E-state index is 0.400. The molecule has 8 heteroatoms. The summed E-state index contributed by atoms with van der Waals surface area (Å²) in [5, 5.41) is 11.8. The number of ether oxygens (including phenoxy) is 1. The predicted octanol–water partition coefficient (Wildman–Crippen LogP) is 3.01. The van der Waals surface area contributed by atoms with E-state index in [1.54, 1.807) is 28.9 Å². The Bertz CT molecular complexity index is 779. The number of H-pyrrole nitrogens is 1. The van der Waals surface area contributed by atoms with E-state index in [-0.39, 0.29) is 0 Å². The maximum Gasteiger partial charge on any atom is 0.356 e. The molecule has 0 atom stereocenters. The first-order valence-electron chi connectivity index (χ1n) is 6.94. The molecule has 0 saturated carbocycles. The van der Waals surface area contributed by atoms with Crippen molar-refractivity contribution in [3.05, 3.63) is 46.0 Å². The average Bonchev–Trinajstić information content (AvgIpc) is 3.27. The van der Waals surface area contributed by atoms with Gasteiger partial charge in [-0.3, -0.25) is 10.00 Å². The van der Waals surface area contributed by atoms with Crippen molar-refractivity contribution in [3.8, 4) is 9.88 Å². The van der Waals surface area contributed by atoms with Gasteiger partial charge in [0.1, 0.15) is 10.7 Å². The van der Waals surface area contributed by atoms with Crippen LogP contribution in [0.15, 0.2) is 29.1 Å². The van der Waals surface area contributed by atoms with Crippen molar-refractivity contribution in [3.63, 3.8) is 0 Å². The second-order valence-corrected chi connectivity index (χ2v) is 6.86. The SMILES string of the molecule is COC(=O)c1[nH]ncc1CN(C)Cc1csc(-c2cccs2)n1. The van der Waals surface area contributed by atoms with Crippen LogP contribution in [0.1, 0.15) is 21.7 Å². The van der Waals surface area contributed by atoms with Gasteiger partial charge in [-0.2, -0.15) is 5.10 Å². The standard InChI is InChI=1S/C15H16N4O2S2/c1-19(7-10-6-16-18-13(10)15(20)21-2)8-11-9-23-14(17-11)12-4-3-5-22-12/h3-6,9H,7-8H2,1-2H3,(H,16,18). The summed E-state index contributed by atoms with van der Waals surface area (Å²) >= 11 is 3.34. The molecule has 0 amide bonds. The molecule has 0 aromatic carbocycles. The number of rotatable bonds is 6. The third-order valence-corrected chi connectivity index (χ3v) is 5.19. The Hall–Kier alpha value is -2.03. The maximum absolute atomic E-state index is 11.6. The van der Waals surface area contributed by atoms with Crippen LogP contribution < -0.4 is 0 Å². The molecular weight excluding hydrogens is 332 g/mol. The van der Waals surface area contributed by atoms with E-state index in [4.69, 9.17) is 4.74 Å². The molecule has 0 aliphatic carbocycles. The van der Waals surface area contributed by atoms with Crippen molar-refractivity contribution in [2.45, 2.75) is 13.1 Å². The fraction of sp³-hybridized carbons (Fsp3) is 0.267. The van der Waals surface area contributed by atoms with Crippen molar-refractivity contribution in [1.29, 1.82) is 0 Å². The van der Waals surface area contributed by atoms with Gasteiger partial charge in [-0.05, 0) is 18.5 Å². The Morgan fingerprint density at radius 2 is 2.26 bits per heavy atom. The Balaban J connectivity index is 1.65. The van der Waals surface area contributed by atoms with E-state index in [0.717, 1.165) is 16.3 Å². The molecule has 1 N–H and O–H groups in total. The number of hydrogen-bond donors (Lipinski definition) is 1. The van der Waals surface area contributed by atoms with E-state index in [0.29, 0.717) is 18.8 Å². The van der Waals surface area contributed by atoms with Crippen LogP contribution in [0, 0.1) is 0 Å². The summed E-state index contributed by atoms with van der Waals surface area (Å²) in [5.74, 6) is -0.403. The number of thiophene rings is 1. The predicted molar refractivity (Wildman–Crippen MR) is 90.5 cm³/mol. The first-order valence-corrected chi connectivity index (χ1v) is 8.70. The minimum atomic E-state index is -0.403. The molecule has 120 valence electrons. The third kappa shape index (κ3) is 3.66. The van der Waals surface area contributed by atoms with Crippen LogP contribution in [0.3, 0.4) is 0 Å². The molecule has 0 unspecified atom stereocenters. The molecule has 0 radical (unpaired) electrons. The van der Waals surface area contributed by atoms with Gasteiger partial charge in [-0.1, -0.05) is 6.07 Å². The Kier molecular flexibility index (Phi) is 4.85. The lowest BCUT2D eigenvalue weighted by Crippen LogP contribution is -2.19. The van der Waals surface area contributed by atoms with E-state index < -0.39 is 5.97 Å². The van der Waals surface area contributed by atoms with Crippen molar-refractivity contribution in [2.75, 3.05) is 14.2 Å². The van der Waals surface area contributed by atoms with Crippen LogP contribution in [0.4, 0.5) is 0 Å². The molecule has 0 spiro atoms. The van der Waals surface area contributed by atoms with Crippen LogP contribution in [0.5, 0.6) is 0 Å². The zero-order chi connectivity index (χ0) is 16.2. The molecule has 0 bridgehead atoms. The van der Waals surface area contributed by atoms with Crippen LogP contribution in [-0.2, 0) is 17.8 Å². The lowest BCUT2D eigenvalue weighted by Gasteiger charge is -2.14. The molecular formula is C15H16N4O2S2. The van der Waals surface area contributed by atoms with Crippen LogP contribution in [-0.4, -0.2) is 40.2 Å². The van der Waals surface area contributed by atoms with Crippen LogP contribution in [0.25, 0.3) is 9.88 Å². The van der Waals surface area contributed by atoms with Gasteiger partial charge in [-0.15, -0.1) is 22.7 Å². The van der Waals surface area contributed by atoms with Gasteiger partial charge < -0.3 is 4.74 Å². The van der Waals surface area contributed by atoms with E-state index in [1.165, 1.54) is 12.0 Å². The van der Waals surface area contributed by atoms with E-state index in [9.17, 15) is 4.79 Å². The number of aromatic nitrogens is 3. The van der Waals surface area contributed by atoms with Crippen molar-refractivity contribution in [1.82, 2.24) is 20.1 Å². The molecule has 3 rings (SSSR count). The number of carbonyl (C=O) groups is 1. The maximum atomic E-state index is 11.6. The smallest absolute Gasteiger partial charge is 0.356 e. The highest BCUT2D eigenvalue weighted by Crippen LogP contribution is 2.28. The highest BCUT2D eigenvalue weighted by Gasteiger charge is 2.16. The number of nitrogens with one attached hydrogen (secondary N) is 1. The zero-order valence-electron chi connectivity index (χ0n) is 12.8. The van der Waals surface area contributed by atoms with Gasteiger partial charge in [-0.25, -0.2) is 9.78 Å². The van der Waals surface area contributed by atoms with E-state index >= 15 is 0 Å². The van der Waals surface area contributed by atoms with Crippen molar-refractivity contribution < 1.29 is 9.53 Å². The number of aromatic amines is 1. The number of esters is 1. The minimum Gasteiger partial charge on any atom is -0.464 e. The van der Waals surface area contributed by atoms with Gasteiger partial charge in [0.2, 0.25) is 0 Å². The number of hydrogen-bond acceptors (Lipinski definition) is 7. The lowest BCUT2D eigenvalue weighted by atomic mass is 10.2. The van der Waals surface area contributed by atoms with Crippen LogP contribution in [0.2, 0.25) is 0 Å². The highest BCUT2D eigenvalue weighted by molar-refractivity contribution is 7.20. The number of nitrogens with zero attached hydrogens (tertiary/aromatic N) is 3. The summed E-state index contributed by atoms with van der Waals surface area (Å²) in [4.78, 5) is 19.6. The Morgan fingerprint density at radius 1 is 1.39 bits per heavy atom. The van der Waals surface area contributed by atoms with Gasteiger partial charge in [0.25, 0.3) is 0 Å². The summed E-state index contributed by atoms with van der Waals surface area (Å²) in [7, 11) is 3.34. The topological polar surface area (TPSA) is 71.1 Å². The van der Waals surface area contributed by atoms with Gasteiger partial charge in [0.15, 0.2) is 0 Å². The van der Waals surface area contributed by atoms with E-state index in [2.05, 4.69) is 36.9 Å². The normalized spacial score (nSPS) is 11.1. The third-order valence-electron chi connectivity index (χ3n) is 3.26. The fourth-order valence-corrected chi connectivity index (χ4v) is 3.85. The first kappa shape index (κ1) is 15.9. The van der Waals surface area contributed by atoms with Gasteiger partial charge in [0.05, 0.1) is 23.9 Å². The second-order valence-electron chi connectivity index (χ2n) is 5.06. The van der Waals surface area contributed by atoms with Crippen LogP contribution >= 0.6 is 22.7 Å². The number of methoxy groups -OCH3 is 1. The molecule has 3 aromatic heterocycles. The molecule has 0 fully saturated rings. The lowest BCUT2D eigenvalue weighted by molar-refractivity contribution is 0.0591. The van der Waals surface area contributed by atoms with E-state index in [1.807, 2.05) is 13.1 Å². The monoisotopic (exact) mass is 348 g/mol. The molecule has 23 heavy (non-hydrogen) atoms. The number of thiazole rings is 1. The summed E-state index contributed by atoms with van der Waals surface area (Å²) in [5.41, 5.74) is 2.23. The zero-order valence-corrected chi connectivity index (χ0v) is 14.4. The first-order chi connectivity index (χ1) is 11.2. The molecule has 0 saturated heterocycles. The Morgan fingerprint density at radius 3 is 3.00 bits per heavy atom. The van der Waals surface area contributed by atoms with Crippen molar-refractivity contribution in [2.24, 2.45) is 0 Å². The van der Waals surface area contributed by atoms with Crippen molar-refractivity contribution >= 4 is 28.6 Å². The summed E-state index contributed by atoms with van der Waals surface area (Å²) in [6, 6.07) is 4.10. The summed E-state index contributed by atoms with van der Waals surface area (Å²) < 4.78 is 4.74. The second kappa shape index (κ2) is 7.03. The molecule has 6 nitrogen and oxygen atoms in total. The molecule has 3 heterocycles. The molecule has 0 aliphatic heterocycles. The van der Waals surface area contributed by atoms with Gasteiger partial charge >= 0.3 is 5.97 Å². The molecule has 0 aliphatic rings. The molecule has 3 aromatic rings. The Labute approximate surface area is 141 Å². The van der Waals surface area contributed by atoms with Gasteiger partial charge in [0, 0.05) is 24.0 Å². The summed E-state index contributed by atoms with van der Waals surface area (Å²) in [6.07, 6.45) is 1.65. The quantitative estimate of drug-likeness (QED) is 0.693. The fourth-order valence-electron chi connectivity index (χ4n) is 2.23.